The first kappa shape index (κ1) is 11.8. The lowest BCUT2D eigenvalue weighted by molar-refractivity contribution is -0.111. The van der Waals surface area contributed by atoms with Crippen molar-refractivity contribution < 1.29 is 14.3 Å². The van der Waals surface area contributed by atoms with E-state index >= 15 is 0 Å². The molecule has 0 aliphatic carbocycles. The molecule has 1 amide bonds. The van der Waals surface area contributed by atoms with Gasteiger partial charge < -0.3 is 9.53 Å². The average Bonchev–Trinajstić information content (AvgIpc) is 2.43. The standard InChI is InChI=1S/C11H17NO3/c1-8-5-9(7-13)12(6-8)10(14)15-11(2,3)4/h7,9H,1,5-6H2,2-4H3. The molecule has 0 saturated carbocycles. The van der Waals surface area contributed by atoms with Gasteiger partial charge in [-0.25, -0.2) is 4.79 Å². The molecule has 4 nitrogen and oxygen atoms in total. The number of ether oxygens (including phenoxy) is 1. The number of aldehydes is 1. The van der Waals surface area contributed by atoms with Crippen molar-refractivity contribution in [2.45, 2.75) is 38.8 Å². The SMILES string of the molecule is C=C1CC(C=O)N(C(=O)OC(C)(C)C)C1. The van der Waals surface area contributed by atoms with Gasteiger partial charge in [0.15, 0.2) is 0 Å². The molecule has 4 heteroatoms. The lowest BCUT2D eigenvalue weighted by Crippen LogP contribution is -2.40. The molecule has 1 fully saturated rings. The molecule has 1 unspecified atom stereocenters. The third-order valence-corrected chi connectivity index (χ3v) is 2.08. The monoisotopic (exact) mass is 211 g/mol. The van der Waals surface area contributed by atoms with E-state index in [0.29, 0.717) is 13.0 Å². The smallest absolute Gasteiger partial charge is 0.411 e. The van der Waals surface area contributed by atoms with Crippen molar-refractivity contribution in [2.75, 3.05) is 6.54 Å². The molecule has 0 spiro atoms. The van der Waals surface area contributed by atoms with E-state index in [1.165, 1.54) is 4.90 Å². The van der Waals surface area contributed by atoms with Crippen molar-refractivity contribution in [3.05, 3.63) is 12.2 Å². The molecule has 0 aromatic rings. The van der Waals surface area contributed by atoms with Crippen LogP contribution in [0.5, 0.6) is 0 Å². The van der Waals surface area contributed by atoms with Crippen molar-refractivity contribution >= 4 is 12.4 Å². The maximum atomic E-state index is 11.7. The minimum atomic E-state index is -0.533. The highest BCUT2D eigenvalue weighted by molar-refractivity contribution is 5.75. The van der Waals surface area contributed by atoms with Crippen molar-refractivity contribution in [3.8, 4) is 0 Å². The van der Waals surface area contributed by atoms with Gasteiger partial charge in [-0.1, -0.05) is 12.2 Å². The zero-order chi connectivity index (χ0) is 11.6. The second kappa shape index (κ2) is 4.04. The molecule has 0 radical (unpaired) electrons. The van der Waals surface area contributed by atoms with E-state index in [0.717, 1.165) is 11.9 Å². The van der Waals surface area contributed by atoms with E-state index in [9.17, 15) is 9.59 Å². The van der Waals surface area contributed by atoms with Gasteiger partial charge >= 0.3 is 6.09 Å². The second-order valence-electron chi connectivity index (χ2n) is 4.77. The molecule has 1 heterocycles. The first-order valence-electron chi connectivity index (χ1n) is 4.95. The normalized spacial score (nSPS) is 21.7. The third-order valence-electron chi connectivity index (χ3n) is 2.08. The number of likely N-dealkylation sites (tertiary alicyclic amines) is 1. The quantitative estimate of drug-likeness (QED) is 0.490. The van der Waals surface area contributed by atoms with Gasteiger partial charge in [0.25, 0.3) is 0 Å². The van der Waals surface area contributed by atoms with Crippen LogP contribution in [-0.2, 0) is 9.53 Å². The Morgan fingerprint density at radius 2 is 2.20 bits per heavy atom. The van der Waals surface area contributed by atoms with Crippen molar-refractivity contribution in [1.82, 2.24) is 4.90 Å². The van der Waals surface area contributed by atoms with Crippen LogP contribution < -0.4 is 0 Å². The molecule has 84 valence electrons. The summed E-state index contributed by atoms with van der Waals surface area (Å²) in [5.41, 5.74) is 0.354. The topological polar surface area (TPSA) is 46.6 Å². The highest BCUT2D eigenvalue weighted by Crippen LogP contribution is 2.22. The maximum Gasteiger partial charge on any atom is 0.411 e. The number of nitrogens with zero attached hydrogens (tertiary/aromatic N) is 1. The molecule has 0 bridgehead atoms. The van der Waals surface area contributed by atoms with Gasteiger partial charge in [0.2, 0.25) is 0 Å². The zero-order valence-corrected chi connectivity index (χ0v) is 9.45. The summed E-state index contributed by atoms with van der Waals surface area (Å²) in [5.74, 6) is 0. The number of hydrogen-bond donors (Lipinski definition) is 0. The molecule has 1 aliphatic heterocycles. The molecular formula is C11H17NO3. The predicted octanol–water partition coefficient (Wildman–Crippen LogP) is 1.75. The van der Waals surface area contributed by atoms with Crippen LogP contribution in [-0.4, -0.2) is 35.5 Å². The van der Waals surface area contributed by atoms with E-state index in [4.69, 9.17) is 4.74 Å². The Kier molecular flexibility index (Phi) is 3.17. The summed E-state index contributed by atoms with van der Waals surface area (Å²) in [7, 11) is 0. The lowest BCUT2D eigenvalue weighted by atomic mass is 10.2. The van der Waals surface area contributed by atoms with Gasteiger partial charge in [-0.2, -0.15) is 0 Å². The largest absolute Gasteiger partial charge is 0.444 e. The van der Waals surface area contributed by atoms with Crippen molar-refractivity contribution in [2.24, 2.45) is 0 Å². The molecule has 1 rings (SSSR count). The summed E-state index contributed by atoms with van der Waals surface area (Å²) >= 11 is 0. The van der Waals surface area contributed by atoms with Gasteiger partial charge in [0.05, 0.1) is 6.04 Å². The Labute approximate surface area is 89.9 Å². The summed E-state index contributed by atoms with van der Waals surface area (Å²) in [5, 5.41) is 0. The fraction of sp³-hybridized carbons (Fsp3) is 0.636. The number of rotatable bonds is 1. The van der Waals surface area contributed by atoms with E-state index in [1.807, 2.05) is 0 Å². The van der Waals surface area contributed by atoms with E-state index in [2.05, 4.69) is 6.58 Å². The highest BCUT2D eigenvalue weighted by atomic mass is 16.6. The van der Waals surface area contributed by atoms with Crippen LogP contribution in [0.3, 0.4) is 0 Å². The van der Waals surface area contributed by atoms with Crippen LogP contribution in [0, 0.1) is 0 Å². The van der Waals surface area contributed by atoms with E-state index < -0.39 is 17.7 Å². The summed E-state index contributed by atoms with van der Waals surface area (Å²) in [4.78, 5) is 23.8. The highest BCUT2D eigenvalue weighted by Gasteiger charge is 2.33. The lowest BCUT2D eigenvalue weighted by Gasteiger charge is -2.26. The van der Waals surface area contributed by atoms with Gasteiger partial charge in [-0.3, -0.25) is 4.90 Å². The molecule has 0 N–H and O–H groups in total. The third kappa shape index (κ3) is 3.08. The Bertz CT molecular complexity index is 291. The summed E-state index contributed by atoms with van der Waals surface area (Å²) < 4.78 is 5.19. The molecule has 0 aromatic carbocycles. The van der Waals surface area contributed by atoms with E-state index in [-0.39, 0.29) is 0 Å². The Hall–Kier alpha value is -1.32. The number of carbonyl (C=O) groups excluding carboxylic acids is 2. The minimum absolute atomic E-state index is 0.410. The van der Waals surface area contributed by atoms with Crippen LogP contribution >= 0.6 is 0 Å². The first-order valence-corrected chi connectivity index (χ1v) is 4.95. The van der Waals surface area contributed by atoms with Crippen molar-refractivity contribution in [1.29, 1.82) is 0 Å². The van der Waals surface area contributed by atoms with Crippen LogP contribution in [0.15, 0.2) is 12.2 Å². The average molecular weight is 211 g/mol. The molecule has 1 aliphatic rings. The molecule has 1 atom stereocenters. The maximum absolute atomic E-state index is 11.7. The fourth-order valence-electron chi connectivity index (χ4n) is 1.47. The Morgan fingerprint density at radius 3 is 2.67 bits per heavy atom. The number of amides is 1. The molecule has 0 aromatic heterocycles. The zero-order valence-electron chi connectivity index (χ0n) is 9.45. The van der Waals surface area contributed by atoms with Crippen LogP contribution in [0.4, 0.5) is 4.79 Å². The van der Waals surface area contributed by atoms with Crippen LogP contribution in [0.1, 0.15) is 27.2 Å². The minimum Gasteiger partial charge on any atom is -0.444 e. The summed E-state index contributed by atoms with van der Waals surface area (Å²) in [6.07, 6.45) is 0.864. The van der Waals surface area contributed by atoms with Gasteiger partial charge in [-0.05, 0) is 27.2 Å². The Balaban J connectivity index is 2.67. The molecular weight excluding hydrogens is 194 g/mol. The summed E-state index contributed by atoms with van der Waals surface area (Å²) in [6, 6.07) is -0.410. The van der Waals surface area contributed by atoms with Crippen molar-refractivity contribution in [3.63, 3.8) is 0 Å². The summed E-state index contributed by atoms with van der Waals surface area (Å²) in [6.45, 7) is 9.58. The van der Waals surface area contributed by atoms with Gasteiger partial charge in [-0.15, -0.1) is 0 Å². The first-order chi connectivity index (χ1) is 6.83. The molecule has 1 saturated heterocycles. The Morgan fingerprint density at radius 1 is 1.60 bits per heavy atom. The van der Waals surface area contributed by atoms with Crippen LogP contribution in [0.2, 0.25) is 0 Å². The second-order valence-corrected chi connectivity index (χ2v) is 4.77. The fourth-order valence-corrected chi connectivity index (χ4v) is 1.47. The van der Waals surface area contributed by atoms with E-state index in [1.54, 1.807) is 20.8 Å². The number of hydrogen-bond acceptors (Lipinski definition) is 3. The van der Waals surface area contributed by atoms with Gasteiger partial charge in [0.1, 0.15) is 11.9 Å². The van der Waals surface area contributed by atoms with Gasteiger partial charge in [0, 0.05) is 6.54 Å². The molecule has 15 heavy (non-hydrogen) atoms. The predicted molar refractivity (Wildman–Crippen MR) is 56.5 cm³/mol. The number of carbonyl (C=O) groups is 2. The van der Waals surface area contributed by atoms with Crippen LogP contribution in [0.25, 0.3) is 0 Å².